The maximum atomic E-state index is 10.1. The molecule has 1 aromatic heterocycles. The van der Waals surface area contributed by atoms with Crippen molar-refractivity contribution < 1.29 is 4.74 Å². The van der Waals surface area contributed by atoms with E-state index < -0.39 is 0 Å². The number of aromatic nitrogens is 2. The molecule has 0 bridgehead atoms. The summed E-state index contributed by atoms with van der Waals surface area (Å²) in [5.74, 6) is 2.37. The first-order chi connectivity index (χ1) is 15.6. The summed E-state index contributed by atoms with van der Waals surface area (Å²) in [6.45, 7) is 7.84. The second-order valence-corrected chi connectivity index (χ2v) is 7.34. The molecule has 4 rings (SSSR count). The number of methoxy groups -OCH3 is 1. The van der Waals surface area contributed by atoms with E-state index >= 15 is 0 Å². The van der Waals surface area contributed by atoms with Crippen molar-refractivity contribution >= 4 is 33.7 Å². The van der Waals surface area contributed by atoms with Crippen LogP contribution in [0.15, 0.2) is 53.3 Å². The Hall–Kier alpha value is -3.92. The van der Waals surface area contributed by atoms with Crippen LogP contribution in [-0.4, -0.2) is 35.9 Å². The van der Waals surface area contributed by atoms with Gasteiger partial charge in [0, 0.05) is 30.1 Å². The number of benzene rings is 2. The van der Waals surface area contributed by atoms with Crippen molar-refractivity contribution in [3.05, 3.63) is 59.7 Å². The average Bonchev–Trinajstić information content (AvgIpc) is 2.84. The lowest BCUT2D eigenvalue weighted by Gasteiger charge is -2.23. The van der Waals surface area contributed by atoms with Crippen LogP contribution >= 0.6 is 0 Å². The molecule has 0 saturated heterocycles. The molecule has 3 aromatic rings. The molecule has 0 amide bonds. The number of hydrogen-bond acceptors (Lipinski definition) is 7. The monoisotopic (exact) mass is 426 g/mol. The molecule has 1 N–H and O–H groups in total. The van der Waals surface area contributed by atoms with Gasteiger partial charge < -0.3 is 15.0 Å². The van der Waals surface area contributed by atoms with Crippen molar-refractivity contribution in [3.8, 4) is 11.8 Å². The van der Waals surface area contributed by atoms with Gasteiger partial charge in [-0.1, -0.05) is 19.1 Å². The third-order valence-corrected chi connectivity index (χ3v) is 5.59. The van der Waals surface area contributed by atoms with E-state index in [2.05, 4.69) is 30.1 Å². The number of para-hydroxylation sites is 1. The normalized spacial score (nSPS) is 14.2. The summed E-state index contributed by atoms with van der Waals surface area (Å²) in [5.41, 5.74) is 3.85. The van der Waals surface area contributed by atoms with E-state index in [-0.39, 0.29) is 0 Å². The predicted octanol–water partition coefficient (Wildman–Crippen LogP) is 5.00. The van der Waals surface area contributed by atoms with Gasteiger partial charge in [-0.05, 0) is 44.5 Å². The Bertz CT molecular complexity index is 1270. The standard InChI is InChI=1S/C25H26N6O/c1-5-20-17-13-12-16(32-4)14-22(17)29-23(27-20)19(15-26)24-28-21-11-9-8-10-18(21)25(30-24)31(6-2)7-3/h8-14,29H,5-7H2,1-4H3/b23-19+. The number of ether oxygens (including phenoxy) is 1. The van der Waals surface area contributed by atoms with Gasteiger partial charge in [-0.25, -0.2) is 15.0 Å². The smallest absolute Gasteiger partial charge is 0.176 e. The third-order valence-electron chi connectivity index (χ3n) is 5.59. The summed E-state index contributed by atoms with van der Waals surface area (Å²) >= 11 is 0. The van der Waals surface area contributed by atoms with Crippen LogP contribution in [0, 0.1) is 11.3 Å². The molecule has 7 heteroatoms. The number of nitrogens with one attached hydrogen (secondary N) is 1. The summed E-state index contributed by atoms with van der Waals surface area (Å²) in [6, 6.07) is 16.0. The van der Waals surface area contributed by atoms with Crippen LogP contribution < -0.4 is 15.0 Å². The lowest BCUT2D eigenvalue weighted by atomic mass is 10.0. The average molecular weight is 427 g/mol. The number of aliphatic imine (C=N–C) groups is 1. The van der Waals surface area contributed by atoms with Gasteiger partial charge in [0.2, 0.25) is 0 Å². The largest absolute Gasteiger partial charge is 0.497 e. The highest BCUT2D eigenvalue weighted by Gasteiger charge is 2.22. The summed E-state index contributed by atoms with van der Waals surface area (Å²) in [5, 5.41) is 14.4. The molecule has 2 aromatic carbocycles. The summed E-state index contributed by atoms with van der Waals surface area (Å²) in [4.78, 5) is 16.5. The van der Waals surface area contributed by atoms with Gasteiger partial charge in [0.1, 0.15) is 23.2 Å². The lowest BCUT2D eigenvalue weighted by Crippen LogP contribution is -2.24. The molecule has 32 heavy (non-hydrogen) atoms. The Labute approximate surface area is 188 Å². The molecule has 0 unspecified atom stereocenters. The molecule has 1 aliphatic heterocycles. The van der Waals surface area contributed by atoms with Gasteiger partial charge in [-0.2, -0.15) is 5.26 Å². The van der Waals surface area contributed by atoms with Crippen molar-refractivity contribution in [2.24, 2.45) is 4.99 Å². The van der Waals surface area contributed by atoms with Crippen LogP contribution in [0.2, 0.25) is 0 Å². The van der Waals surface area contributed by atoms with Crippen LogP contribution in [0.4, 0.5) is 11.5 Å². The molecule has 0 atom stereocenters. The maximum absolute atomic E-state index is 10.1. The number of allylic oxidation sites excluding steroid dienone is 1. The molecule has 0 saturated carbocycles. The summed E-state index contributed by atoms with van der Waals surface area (Å²) in [6.07, 6.45) is 0.729. The Morgan fingerprint density at radius 3 is 2.56 bits per heavy atom. The first-order valence-corrected chi connectivity index (χ1v) is 10.8. The number of fused-ring (bicyclic) bond motifs is 2. The molecule has 0 aliphatic carbocycles. The number of rotatable bonds is 6. The van der Waals surface area contributed by atoms with Gasteiger partial charge in [0.15, 0.2) is 11.6 Å². The lowest BCUT2D eigenvalue weighted by molar-refractivity contribution is 0.415. The van der Waals surface area contributed by atoms with E-state index in [1.54, 1.807) is 7.11 Å². The van der Waals surface area contributed by atoms with Crippen molar-refractivity contribution in [2.45, 2.75) is 27.2 Å². The van der Waals surface area contributed by atoms with E-state index in [0.717, 1.165) is 58.9 Å². The minimum atomic E-state index is 0.309. The zero-order valence-corrected chi connectivity index (χ0v) is 18.8. The van der Waals surface area contributed by atoms with Crippen molar-refractivity contribution in [1.82, 2.24) is 9.97 Å². The fourth-order valence-corrected chi connectivity index (χ4v) is 3.89. The molecule has 1 aliphatic rings. The zero-order valence-electron chi connectivity index (χ0n) is 18.8. The highest BCUT2D eigenvalue weighted by molar-refractivity contribution is 6.08. The zero-order chi connectivity index (χ0) is 22.7. The van der Waals surface area contributed by atoms with Crippen molar-refractivity contribution in [2.75, 3.05) is 30.4 Å². The summed E-state index contributed by atoms with van der Waals surface area (Å²) in [7, 11) is 1.63. The Kier molecular flexibility index (Phi) is 6.04. The topological polar surface area (TPSA) is 86.4 Å². The van der Waals surface area contributed by atoms with E-state index in [1.165, 1.54) is 0 Å². The van der Waals surface area contributed by atoms with Crippen molar-refractivity contribution in [3.63, 3.8) is 0 Å². The molecule has 0 fully saturated rings. The minimum absolute atomic E-state index is 0.309. The number of hydrogen-bond donors (Lipinski definition) is 1. The molecule has 2 heterocycles. The molecular weight excluding hydrogens is 400 g/mol. The van der Waals surface area contributed by atoms with Crippen LogP contribution in [-0.2, 0) is 0 Å². The Morgan fingerprint density at radius 1 is 1.09 bits per heavy atom. The number of anilines is 2. The van der Waals surface area contributed by atoms with Gasteiger partial charge in [-0.15, -0.1) is 0 Å². The Morgan fingerprint density at radius 2 is 1.88 bits per heavy atom. The van der Waals surface area contributed by atoms with Gasteiger partial charge in [-0.3, -0.25) is 0 Å². The highest BCUT2D eigenvalue weighted by atomic mass is 16.5. The van der Waals surface area contributed by atoms with Gasteiger partial charge in [0.05, 0.1) is 24.0 Å². The minimum Gasteiger partial charge on any atom is -0.497 e. The quantitative estimate of drug-likeness (QED) is 0.558. The van der Waals surface area contributed by atoms with Gasteiger partial charge in [0.25, 0.3) is 0 Å². The second-order valence-electron chi connectivity index (χ2n) is 7.34. The highest BCUT2D eigenvalue weighted by Crippen LogP contribution is 2.33. The number of nitriles is 1. The van der Waals surface area contributed by atoms with E-state index in [4.69, 9.17) is 19.7 Å². The van der Waals surface area contributed by atoms with Crippen LogP contribution in [0.3, 0.4) is 0 Å². The molecule has 0 spiro atoms. The fraction of sp³-hybridized carbons (Fsp3) is 0.280. The van der Waals surface area contributed by atoms with Gasteiger partial charge >= 0.3 is 0 Å². The van der Waals surface area contributed by atoms with E-state index in [0.29, 0.717) is 17.2 Å². The number of nitrogens with zero attached hydrogens (tertiary/aromatic N) is 5. The first kappa shape index (κ1) is 21.3. The van der Waals surface area contributed by atoms with Crippen LogP contribution in [0.1, 0.15) is 38.6 Å². The Balaban J connectivity index is 1.93. The molecule has 0 radical (unpaired) electrons. The fourth-order valence-electron chi connectivity index (χ4n) is 3.89. The van der Waals surface area contributed by atoms with Crippen molar-refractivity contribution in [1.29, 1.82) is 5.26 Å². The first-order valence-electron chi connectivity index (χ1n) is 10.8. The summed E-state index contributed by atoms with van der Waals surface area (Å²) < 4.78 is 5.38. The van der Waals surface area contributed by atoms with Crippen LogP contribution in [0.5, 0.6) is 5.75 Å². The molecular formula is C25H26N6O. The van der Waals surface area contributed by atoms with E-state index in [9.17, 15) is 5.26 Å². The predicted molar refractivity (Wildman–Crippen MR) is 129 cm³/mol. The second kappa shape index (κ2) is 9.06. The molecule has 162 valence electrons. The third kappa shape index (κ3) is 3.76. The maximum Gasteiger partial charge on any atom is 0.176 e. The SMILES string of the molecule is CCC1=N/C(=C(/C#N)c2nc(N(CC)CC)c3ccccc3n2)Nc2cc(OC)ccc21. The van der Waals surface area contributed by atoms with Crippen LogP contribution in [0.25, 0.3) is 16.5 Å². The molecule has 7 nitrogen and oxygen atoms in total. The van der Waals surface area contributed by atoms with E-state index in [1.807, 2.05) is 49.4 Å².